The lowest BCUT2D eigenvalue weighted by atomic mass is 10.00. The first-order chi connectivity index (χ1) is 21.7. The summed E-state index contributed by atoms with van der Waals surface area (Å²) in [5.74, 6) is 0. The van der Waals surface area contributed by atoms with Crippen molar-refractivity contribution in [2.75, 3.05) is 4.90 Å². The molecule has 2 heterocycles. The summed E-state index contributed by atoms with van der Waals surface area (Å²) in [4.78, 5) is 2.43. The number of nitrogens with zero attached hydrogens (tertiary/aromatic N) is 1. The molecule has 44 heavy (non-hydrogen) atoms. The van der Waals surface area contributed by atoms with Crippen LogP contribution in [0.2, 0.25) is 5.02 Å². The fraction of sp³-hybridized carbons (Fsp3) is 0. The third kappa shape index (κ3) is 4.05. The average molecular weight is 618 g/mol. The minimum absolute atomic E-state index is 0.801. The van der Waals surface area contributed by atoms with Gasteiger partial charge < -0.3 is 4.90 Å². The Kier molecular flexibility index (Phi) is 5.99. The second-order valence-electron chi connectivity index (χ2n) is 11.1. The van der Waals surface area contributed by atoms with Crippen LogP contribution in [0, 0.1) is 0 Å². The van der Waals surface area contributed by atoms with E-state index in [0.29, 0.717) is 0 Å². The minimum Gasteiger partial charge on any atom is -0.310 e. The number of thiophene rings is 2. The number of benzene rings is 7. The predicted octanol–water partition coefficient (Wildman–Crippen LogP) is 13.4. The Hall–Kier alpha value is -4.67. The van der Waals surface area contributed by atoms with Crippen LogP contribution in [-0.2, 0) is 0 Å². The van der Waals surface area contributed by atoms with Gasteiger partial charge in [0.25, 0.3) is 0 Å². The number of anilines is 3. The van der Waals surface area contributed by atoms with Gasteiger partial charge in [-0.1, -0.05) is 103 Å². The Labute approximate surface area is 267 Å². The topological polar surface area (TPSA) is 3.24 Å². The molecule has 7 aromatic carbocycles. The predicted molar refractivity (Wildman–Crippen MR) is 195 cm³/mol. The van der Waals surface area contributed by atoms with Gasteiger partial charge in [-0.05, 0) is 71.1 Å². The molecule has 0 radical (unpaired) electrons. The molecule has 0 atom stereocenters. The third-order valence-electron chi connectivity index (χ3n) is 8.52. The second-order valence-corrected chi connectivity index (χ2v) is 13.6. The van der Waals surface area contributed by atoms with Crippen molar-refractivity contribution in [2.24, 2.45) is 0 Å². The minimum atomic E-state index is 0.801. The number of hydrogen-bond donors (Lipinski definition) is 0. The molecule has 0 amide bonds. The Bertz CT molecular complexity index is 2510. The van der Waals surface area contributed by atoms with Crippen molar-refractivity contribution in [1.82, 2.24) is 0 Å². The van der Waals surface area contributed by atoms with Crippen molar-refractivity contribution in [3.63, 3.8) is 0 Å². The number of hydrogen-bond acceptors (Lipinski definition) is 3. The molecule has 0 aliphatic heterocycles. The zero-order valence-electron chi connectivity index (χ0n) is 23.5. The SMILES string of the molecule is Clc1cccc2sc3cc(N(c4ccc(-c5ccccc5)cc4)c4ccc5sc6ccccc6c5c4)c4ccccc4c3c12. The van der Waals surface area contributed by atoms with Crippen molar-refractivity contribution in [3.8, 4) is 11.1 Å². The lowest BCUT2D eigenvalue weighted by Gasteiger charge is -2.27. The molecular formula is C40H24ClNS2. The molecule has 208 valence electrons. The number of rotatable bonds is 4. The molecule has 9 rings (SSSR count). The summed E-state index contributed by atoms with van der Waals surface area (Å²) in [7, 11) is 0. The first kappa shape index (κ1) is 25.8. The highest BCUT2D eigenvalue weighted by Crippen LogP contribution is 2.48. The summed E-state index contributed by atoms with van der Waals surface area (Å²) in [5, 5.41) is 8.17. The monoisotopic (exact) mass is 617 g/mol. The molecule has 0 unspecified atom stereocenters. The van der Waals surface area contributed by atoms with Crippen LogP contribution in [0.25, 0.3) is 62.2 Å². The van der Waals surface area contributed by atoms with Gasteiger partial charge in [-0.2, -0.15) is 0 Å². The first-order valence-corrected chi connectivity index (χ1v) is 16.6. The zero-order chi connectivity index (χ0) is 29.2. The summed E-state index contributed by atoms with van der Waals surface area (Å²) in [6, 6.07) is 52.5. The number of halogens is 1. The maximum Gasteiger partial charge on any atom is 0.0554 e. The van der Waals surface area contributed by atoms with E-state index in [1.54, 1.807) is 0 Å². The van der Waals surface area contributed by atoms with Crippen molar-refractivity contribution < 1.29 is 0 Å². The van der Waals surface area contributed by atoms with Crippen LogP contribution in [0.15, 0.2) is 146 Å². The van der Waals surface area contributed by atoms with Gasteiger partial charge in [0.05, 0.1) is 5.69 Å². The molecule has 1 nitrogen and oxygen atoms in total. The van der Waals surface area contributed by atoms with E-state index < -0.39 is 0 Å². The first-order valence-electron chi connectivity index (χ1n) is 14.6. The highest BCUT2D eigenvalue weighted by molar-refractivity contribution is 7.26. The van der Waals surface area contributed by atoms with E-state index in [1.165, 1.54) is 56.9 Å². The molecule has 0 bridgehead atoms. The standard InChI is InChI=1S/C40H24ClNS2/c41-33-14-8-16-37-40(33)39-31-13-5-4-11-29(31)34(24-38(39)44-37)42(27-19-17-26(18-20-27)25-9-2-1-3-10-25)28-21-22-36-32(23-28)30-12-6-7-15-35(30)43-36/h1-24H. The fourth-order valence-corrected chi connectivity index (χ4v) is 9.11. The highest BCUT2D eigenvalue weighted by atomic mass is 35.5. The molecule has 0 aliphatic rings. The lowest BCUT2D eigenvalue weighted by Crippen LogP contribution is -2.10. The van der Waals surface area contributed by atoms with Gasteiger partial charge in [0, 0.05) is 62.1 Å². The van der Waals surface area contributed by atoms with Gasteiger partial charge in [0.1, 0.15) is 0 Å². The maximum atomic E-state index is 6.83. The Morgan fingerprint density at radius 1 is 0.409 bits per heavy atom. The molecular weight excluding hydrogens is 594 g/mol. The van der Waals surface area contributed by atoms with Crippen molar-refractivity contribution in [3.05, 3.63) is 151 Å². The average Bonchev–Trinajstić information content (AvgIpc) is 3.65. The third-order valence-corrected chi connectivity index (χ3v) is 11.1. The van der Waals surface area contributed by atoms with E-state index in [2.05, 4.69) is 138 Å². The van der Waals surface area contributed by atoms with Gasteiger partial charge in [-0.15, -0.1) is 22.7 Å². The van der Waals surface area contributed by atoms with E-state index >= 15 is 0 Å². The van der Waals surface area contributed by atoms with Crippen molar-refractivity contribution >= 4 is 102 Å². The lowest BCUT2D eigenvalue weighted by molar-refractivity contribution is 1.31. The van der Waals surface area contributed by atoms with E-state index in [4.69, 9.17) is 11.6 Å². The smallest absolute Gasteiger partial charge is 0.0554 e. The molecule has 4 heteroatoms. The maximum absolute atomic E-state index is 6.83. The second kappa shape index (κ2) is 10.2. The quantitative estimate of drug-likeness (QED) is 0.190. The van der Waals surface area contributed by atoms with Gasteiger partial charge >= 0.3 is 0 Å². The summed E-state index contributed by atoms with van der Waals surface area (Å²) >= 11 is 10.5. The Morgan fingerprint density at radius 2 is 1.05 bits per heavy atom. The molecule has 0 fully saturated rings. The summed E-state index contributed by atoms with van der Waals surface area (Å²) in [5.41, 5.74) is 5.82. The van der Waals surface area contributed by atoms with E-state index in [0.717, 1.165) is 27.5 Å². The van der Waals surface area contributed by atoms with Crippen LogP contribution in [-0.4, -0.2) is 0 Å². The molecule has 0 N–H and O–H groups in total. The van der Waals surface area contributed by atoms with Crippen LogP contribution >= 0.6 is 34.3 Å². The largest absolute Gasteiger partial charge is 0.310 e. The number of fused-ring (bicyclic) bond motifs is 8. The molecule has 0 saturated carbocycles. The van der Waals surface area contributed by atoms with E-state index in [1.807, 2.05) is 34.8 Å². The van der Waals surface area contributed by atoms with E-state index in [9.17, 15) is 0 Å². The van der Waals surface area contributed by atoms with Crippen LogP contribution in [0.3, 0.4) is 0 Å². The van der Waals surface area contributed by atoms with Crippen molar-refractivity contribution in [1.29, 1.82) is 0 Å². The fourth-order valence-electron chi connectivity index (χ4n) is 6.52. The zero-order valence-corrected chi connectivity index (χ0v) is 25.9. The van der Waals surface area contributed by atoms with Crippen LogP contribution in [0.5, 0.6) is 0 Å². The van der Waals surface area contributed by atoms with Crippen molar-refractivity contribution in [2.45, 2.75) is 0 Å². The van der Waals surface area contributed by atoms with Gasteiger partial charge in [-0.3, -0.25) is 0 Å². The van der Waals surface area contributed by atoms with Gasteiger partial charge in [0.2, 0.25) is 0 Å². The van der Waals surface area contributed by atoms with Crippen LogP contribution in [0.1, 0.15) is 0 Å². The highest BCUT2D eigenvalue weighted by Gasteiger charge is 2.21. The molecule has 9 aromatic rings. The molecule has 2 aromatic heterocycles. The van der Waals surface area contributed by atoms with E-state index in [-0.39, 0.29) is 0 Å². The van der Waals surface area contributed by atoms with Gasteiger partial charge in [-0.25, -0.2) is 0 Å². The molecule has 0 aliphatic carbocycles. The Morgan fingerprint density at radius 3 is 1.89 bits per heavy atom. The molecule has 0 saturated heterocycles. The summed E-state index contributed by atoms with van der Waals surface area (Å²) < 4.78 is 5.05. The van der Waals surface area contributed by atoms with Crippen LogP contribution in [0.4, 0.5) is 17.1 Å². The summed E-state index contributed by atoms with van der Waals surface area (Å²) in [6.45, 7) is 0. The van der Waals surface area contributed by atoms with Crippen LogP contribution < -0.4 is 4.90 Å². The normalized spacial score (nSPS) is 11.8. The summed E-state index contributed by atoms with van der Waals surface area (Å²) in [6.07, 6.45) is 0. The Balaban J connectivity index is 1.33. The van der Waals surface area contributed by atoms with Gasteiger partial charge in [0.15, 0.2) is 0 Å². The molecule has 0 spiro atoms.